The topological polar surface area (TPSA) is 79.4 Å². The molecule has 184 valence electrons. The molecule has 1 aromatic heterocycles. The first-order chi connectivity index (χ1) is 16.6. The zero-order chi connectivity index (χ0) is 25.2. The molecule has 0 saturated carbocycles. The molecule has 2 amide bonds. The van der Waals surface area contributed by atoms with E-state index < -0.39 is 22.8 Å². The highest BCUT2D eigenvalue weighted by Crippen LogP contribution is 2.36. The molecule has 1 saturated heterocycles. The Morgan fingerprint density at radius 1 is 1.00 bits per heavy atom. The molecule has 4 rings (SSSR count). The fraction of sp³-hybridized carbons (Fsp3) is 0.261. The van der Waals surface area contributed by atoms with Gasteiger partial charge in [-0.3, -0.25) is 0 Å². The Morgan fingerprint density at radius 2 is 1.63 bits per heavy atom. The van der Waals surface area contributed by atoms with Crippen LogP contribution in [0.25, 0.3) is 11.4 Å². The number of benzene rings is 2. The van der Waals surface area contributed by atoms with Crippen molar-refractivity contribution in [2.24, 2.45) is 0 Å². The van der Waals surface area contributed by atoms with Crippen LogP contribution in [-0.2, 0) is 10.9 Å². The van der Waals surface area contributed by atoms with E-state index in [9.17, 15) is 18.0 Å². The van der Waals surface area contributed by atoms with E-state index in [0.29, 0.717) is 48.5 Å². The van der Waals surface area contributed by atoms with Crippen molar-refractivity contribution in [2.45, 2.75) is 13.1 Å². The number of nitrogens with zero attached hydrogens (tertiary/aromatic N) is 3. The maximum Gasteiger partial charge on any atom is 0.417 e. The molecule has 0 unspecified atom stereocenters. The first-order valence-corrected chi connectivity index (χ1v) is 11.3. The van der Waals surface area contributed by atoms with Gasteiger partial charge in [-0.1, -0.05) is 23.2 Å². The maximum absolute atomic E-state index is 13.0. The smallest absolute Gasteiger partial charge is 0.378 e. The predicted octanol–water partition coefficient (Wildman–Crippen LogP) is 6.26. The number of urea groups is 1. The maximum atomic E-state index is 13.0. The van der Waals surface area contributed by atoms with Crippen LogP contribution in [0.3, 0.4) is 0 Å². The number of anilines is 3. The Bertz CT molecular complexity index is 1230. The minimum Gasteiger partial charge on any atom is -0.378 e. The number of hydrogen-bond acceptors (Lipinski definition) is 5. The molecule has 1 aliphatic heterocycles. The van der Waals surface area contributed by atoms with Gasteiger partial charge in [0.1, 0.15) is 11.0 Å². The molecule has 3 aromatic rings. The number of alkyl halides is 3. The Balaban J connectivity index is 1.47. The van der Waals surface area contributed by atoms with E-state index >= 15 is 0 Å². The Labute approximate surface area is 209 Å². The van der Waals surface area contributed by atoms with Crippen molar-refractivity contribution in [3.8, 4) is 11.4 Å². The first-order valence-electron chi connectivity index (χ1n) is 10.5. The van der Waals surface area contributed by atoms with Gasteiger partial charge in [0, 0.05) is 35.6 Å². The second-order valence-electron chi connectivity index (χ2n) is 7.73. The number of morpholine rings is 1. The molecule has 1 aliphatic rings. The predicted molar refractivity (Wildman–Crippen MR) is 129 cm³/mol. The van der Waals surface area contributed by atoms with Crippen LogP contribution in [0.15, 0.2) is 42.5 Å². The highest BCUT2D eigenvalue weighted by atomic mass is 35.5. The van der Waals surface area contributed by atoms with E-state index in [2.05, 4.69) is 25.5 Å². The van der Waals surface area contributed by atoms with Crippen LogP contribution in [0.2, 0.25) is 10.2 Å². The number of carbonyl (C=O) groups excluding carboxylic acids is 1. The van der Waals surface area contributed by atoms with Crippen LogP contribution in [0.4, 0.5) is 35.2 Å². The van der Waals surface area contributed by atoms with Crippen LogP contribution in [-0.4, -0.2) is 42.3 Å². The standard InChI is InChI=1S/C23H20Cl2F3N5O2/c1-13-19(25)31-20(32-21(13)33-8-10-35-11-9-33)14-2-4-15(5-3-14)29-22(34)30-16-6-7-18(24)17(12-16)23(26,27)28/h2-7,12H,8-11H2,1H3,(H2,29,30,34). The Hall–Kier alpha value is -3.08. The largest absolute Gasteiger partial charge is 0.417 e. The summed E-state index contributed by atoms with van der Waals surface area (Å²) in [6.45, 7) is 4.47. The summed E-state index contributed by atoms with van der Waals surface area (Å²) in [5.74, 6) is 1.17. The summed E-state index contributed by atoms with van der Waals surface area (Å²) in [6, 6.07) is 9.10. The first kappa shape index (κ1) is 25.0. The van der Waals surface area contributed by atoms with Crippen molar-refractivity contribution < 1.29 is 22.7 Å². The van der Waals surface area contributed by atoms with Gasteiger partial charge in [-0.15, -0.1) is 0 Å². The highest BCUT2D eigenvalue weighted by Gasteiger charge is 2.33. The van der Waals surface area contributed by atoms with E-state index in [0.717, 1.165) is 23.5 Å². The Kier molecular flexibility index (Phi) is 7.34. The molecule has 2 N–H and O–H groups in total. The van der Waals surface area contributed by atoms with Crippen LogP contribution in [0.5, 0.6) is 0 Å². The molecule has 0 atom stereocenters. The minimum atomic E-state index is -4.64. The van der Waals surface area contributed by atoms with Crippen LogP contribution in [0, 0.1) is 6.92 Å². The van der Waals surface area contributed by atoms with Crippen molar-refractivity contribution in [1.82, 2.24) is 9.97 Å². The third-order valence-corrected chi connectivity index (χ3v) is 6.00. The molecular formula is C23H20Cl2F3N5O2. The number of amides is 2. The normalized spacial score (nSPS) is 14.1. The number of halogens is 5. The van der Waals surface area contributed by atoms with Gasteiger partial charge in [-0.25, -0.2) is 14.8 Å². The number of rotatable bonds is 4. The van der Waals surface area contributed by atoms with Crippen molar-refractivity contribution in [3.05, 3.63) is 63.8 Å². The third kappa shape index (κ3) is 5.95. The number of nitrogens with one attached hydrogen (secondary N) is 2. The fourth-order valence-electron chi connectivity index (χ4n) is 3.51. The van der Waals surface area contributed by atoms with E-state index in [1.807, 2.05) is 6.92 Å². The fourth-order valence-corrected chi connectivity index (χ4v) is 3.90. The highest BCUT2D eigenvalue weighted by molar-refractivity contribution is 6.31. The van der Waals surface area contributed by atoms with Gasteiger partial charge < -0.3 is 20.3 Å². The van der Waals surface area contributed by atoms with Crippen molar-refractivity contribution in [1.29, 1.82) is 0 Å². The molecular weight excluding hydrogens is 506 g/mol. The summed E-state index contributed by atoms with van der Waals surface area (Å²) in [7, 11) is 0. The molecule has 12 heteroatoms. The van der Waals surface area contributed by atoms with Crippen molar-refractivity contribution in [3.63, 3.8) is 0 Å². The van der Waals surface area contributed by atoms with Gasteiger partial charge in [0.15, 0.2) is 5.82 Å². The summed E-state index contributed by atoms with van der Waals surface area (Å²) in [4.78, 5) is 23.4. The van der Waals surface area contributed by atoms with E-state index in [4.69, 9.17) is 27.9 Å². The summed E-state index contributed by atoms with van der Waals surface area (Å²) >= 11 is 12.0. The minimum absolute atomic E-state index is 0.0471. The molecule has 0 spiro atoms. The zero-order valence-electron chi connectivity index (χ0n) is 18.4. The monoisotopic (exact) mass is 525 g/mol. The van der Waals surface area contributed by atoms with E-state index in [1.165, 1.54) is 6.07 Å². The second kappa shape index (κ2) is 10.3. The molecule has 0 bridgehead atoms. The van der Waals surface area contributed by atoms with Crippen LogP contribution < -0.4 is 15.5 Å². The zero-order valence-corrected chi connectivity index (χ0v) is 19.9. The molecule has 0 aliphatic carbocycles. The number of aromatic nitrogens is 2. The van der Waals surface area contributed by atoms with Gasteiger partial charge in [-0.2, -0.15) is 13.2 Å². The lowest BCUT2D eigenvalue weighted by Crippen LogP contribution is -2.37. The SMILES string of the molecule is Cc1c(Cl)nc(-c2ccc(NC(=O)Nc3ccc(Cl)c(C(F)(F)F)c3)cc2)nc1N1CCOCC1. The van der Waals surface area contributed by atoms with Crippen molar-refractivity contribution in [2.75, 3.05) is 41.8 Å². The average molecular weight is 526 g/mol. The number of ether oxygens (including phenoxy) is 1. The molecule has 0 radical (unpaired) electrons. The molecule has 2 heterocycles. The Morgan fingerprint density at radius 3 is 2.29 bits per heavy atom. The lowest BCUT2D eigenvalue weighted by atomic mass is 10.2. The second-order valence-corrected chi connectivity index (χ2v) is 8.50. The summed E-state index contributed by atoms with van der Waals surface area (Å²) < 4.78 is 44.5. The van der Waals surface area contributed by atoms with Gasteiger partial charge >= 0.3 is 12.2 Å². The van der Waals surface area contributed by atoms with Crippen LogP contribution in [0.1, 0.15) is 11.1 Å². The van der Waals surface area contributed by atoms with Crippen molar-refractivity contribution >= 4 is 46.4 Å². The molecule has 1 fully saturated rings. The number of hydrogen-bond donors (Lipinski definition) is 2. The summed E-state index contributed by atoms with van der Waals surface area (Å²) in [5.41, 5.74) is 0.801. The lowest BCUT2D eigenvalue weighted by Gasteiger charge is -2.29. The van der Waals surface area contributed by atoms with Gasteiger partial charge in [0.25, 0.3) is 0 Å². The van der Waals surface area contributed by atoms with E-state index in [-0.39, 0.29) is 5.69 Å². The van der Waals surface area contributed by atoms with E-state index in [1.54, 1.807) is 24.3 Å². The third-order valence-electron chi connectivity index (χ3n) is 5.30. The van der Waals surface area contributed by atoms with Gasteiger partial charge in [-0.05, 0) is 49.4 Å². The lowest BCUT2D eigenvalue weighted by molar-refractivity contribution is -0.137. The summed E-state index contributed by atoms with van der Waals surface area (Å²) in [5, 5.41) is 4.84. The quantitative estimate of drug-likeness (QED) is 0.393. The van der Waals surface area contributed by atoms with Gasteiger partial charge in [0.05, 0.1) is 23.8 Å². The number of carbonyl (C=O) groups is 1. The molecule has 2 aromatic carbocycles. The summed E-state index contributed by atoms with van der Waals surface area (Å²) in [6.07, 6.45) is -4.64. The molecule has 35 heavy (non-hydrogen) atoms. The van der Waals surface area contributed by atoms with Gasteiger partial charge in [0.2, 0.25) is 0 Å². The molecule has 7 nitrogen and oxygen atoms in total. The van der Waals surface area contributed by atoms with Crippen LogP contribution >= 0.6 is 23.2 Å². The average Bonchev–Trinajstić information content (AvgIpc) is 2.82.